The summed E-state index contributed by atoms with van der Waals surface area (Å²) in [6.07, 6.45) is 5.41. The summed E-state index contributed by atoms with van der Waals surface area (Å²) < 4.78 is 15.2. The molecule has 3 atom stereocenters. The molecule has 3 unspecified atom stereocenters. The van der Waals surface area contributed by atoms with Crippen LogP contribution in [0.3, 0.4) is 0 Å². The number of para-hydroxylation sites is 1. The summed E-state index contributed by atoms with van der Waals surface area (Å²) in [5.41, 5.74) is 0.254. The molecule has 0 saturated carbocycles. The molecule has 2 aliphatic rings. The van der Waals surface area contributed by atoms with E-state index in [0.29, 0.717) is 15.1 Å². The molecule has 2 aromatic heterocycles. The molecule has 0 aliphatic carbocycles. The number of fused-ring (bicyclic) bond motifs is 6. The van der Waals surface area contributed by atoms with Crippen molar-refractivity contribution in [3.8, 4) is 5.75 Å². The predicted molar refractivity (Wildman–Crippen MR) is 110 cm³/mol. The zero-order valence-electron chi connectivity index (χ0n) is 16.7. The van der Waals surface area contributed by atoms with Crippen molar-refractivity contribution in [1.82, 2.24) is 14.3 Å². The zero-order chi connectivity index (χ0) is 21.0. The molecule has 2 aliphatic heterocycles. The van der Waals surface area contributed by atoms with E-state index in [1.807, 2.05) is 37.4 Å². The number of ether oxygens (including phenoxy) is 2. The van der Waals surface area contributed by atoms with Crippen LogP contribution in [0, 0.1) is 5.92 Å². The lowest BCUT2D eigenvalue weighted by molar-refractivity contribution is -0.158. The highest BCUT2D eigenvalue weighted by molar-refractivity contribution is 7.07. The minimum atomic E-state index is -1.16. The number of nitrogens with zero attached hydrogens (tertiary/aromatic N) is 4. The van der Waals surface area contributed by atoms with Crippen molar-refractivity contribution >= 4 is 23.4 Å². The van der Waals surface area contributed by atoms with Gasteiger partial charge in [-0.1, -0.05) is 29.5 Å². The molecule has 0 spiro atoms. The van der Waals surface area contributed by atoms with Crippen LogP contribution in [0.1, 0.15) is 31.0 Å². The Labute approximate surface area is 175 Å². The summed E-state index contributed by atoms with van der Waals surface area (Å²) in [4.78, 5) is 31.4. The van der Waals surface area contributed by atoms with Crippen molar-refractivity contribution in [2.24, 2.45) is 10.9 Å². The van der Waals surface area contributed by atoms with Gasteiger partial charge in [-0.15, -0.1) is 0 Å². The predicted octanol–water partition coefficient (Wildman–Crippen LogP) is 1.08. The lowest BCUT2D eigenvalue weighted by atomic mass is 9.81. The van der Waals surface area contributed by atoms with E-state index in [4.69, 9.17) is 14.5 Å². The quantitative estimate of drug-likeness (QED) is 0.587. The van der Waals surface area contributed by atoms with Crippen LogP contribution in [-0.4, -0.2) is 33.2 Å². The van der Waals surface area contributed by atoms with Crippen molar-refractivity contribution in [2.45, 2.75) is 32.2 Å². The molecule has 0 fully saturated rings. The molecular weight excluding hydrogens is 404 g/mol. The van der Waals surface area contributed by atoms with Crippen molar-refractivity contribution in [3.05, 3.63) is 67.5 Å². The smallest absolute Gasteiger partial charge is 0.317 e. The molecule has 0 radical (unpaired) electrons. The maximum atomic E-state index is 13.4. The van der Waals surface area contributed by atoms with Gasteiger partial charge < -0.3 is 9.47 Å². The van der Waals surface area contributed by atoms with Crippen molar-refractivity contribution in [2.75, 3.05) is 7.11 Å². The number of rotatable bonds is 3. The van der Waals surface area contributed by atoms with E-state index in [-0.39, 0.29) is 5.56 Å². The molecule has 5 rings (SSSR count). The highest BCUT2D eigenvalue weighted by Crippen LogP contribution is 2.47. The first-order valence-corrected chi connectivity index (χ1v) is 10.5. The number of esters is 1. The van der Waals surface area contributed by atoms with Gasteiger partial charge in [-0.05, 0) is 26.0 Å². The second-order valence-corrected chi connectivity index (χ2v) is 8.46. The monoisotopic (exact) mass is 424 g/mol. The number of carbonyl (C=O) groups excluding carboxylic acids is 1. The lowest BCUT2D eigenvalue weighted by Gasteiger charge is -2.44. The first-order valence-electron chi connectivity index (χ1n) is 9.66. The summed E-state index contributed by atoms with van der Waals surface area (Å²) in [7, 11) is 1.34. The molecule has 9 heteroatoms. The third kappa shape index (κ3) is 2.65. The molecule has 1 aromatic carbocycles. The fourth-order valence-electron chi connectivity index (χ4n) is 4.21. The summed E-state index contributed by atoms with van der Waals surface area (Å²) in [5.74, 6) is -0.612. The minimum absolute atomic E-state index is 0.194. The van der Waals surface area contributed by atoms with Crippen LogP contribution in [0.15, 0.2) is 46.4 Å². The molecule has 0 saturated heterocycles. The third-order valence-corrected chi connectivity index (χ3v) is 6.59. The minimum Gasteiger partial charge on any atom is -0.469 e. The van der Waals surface area contributed by atoms with Gasteiger partial charge in [0, 0.05) is 23.9 Å². The van der Waals surface area contributed by atoms with E-state index in [0.717, 1.165) is 17.7 Å². The van der Waals surface area contributed by atoms with Gasteiger partial charge in [0.05, 0.1) is 23.9 Å². The SMILES string of the molecule is CCn1cc(/C=c2\sc3n(c2=O)C2c4ccccc4OC(C)(N=3)C2C(=O)OC)cn1. The number of thiazole rings is 1. The number of carbonyl (C=O) groups is 1. The van der Waals surface area contributed by atoms with Crippen molar-refractivity contribution in [3.63, 3.8) is 0 Å². The average Bonchev–Trinajstić information content (AvgIpc) is 3.30. The standard InChI is InChI=1S/C21H20N4O4S/c1-4-24-11-12(10-22-24)9-15-18(26)25-17-13-7-5-6-8-14(13)29-21(2,23-20(25)30-15)16(17)19(27)28-3/h5-11,16-17H,4H2,1-3H3/b15-9-. The van der Waals surface area contributed by atoms with E-state index in [1.54, 1.807) is 28.4 Å². The van der Waals surface area contributed by atoms with Gasteiger partial charge in [0.25, 0.3) is 5.56 Å². The number of hydrogen-bond donors (Lipinski definition) is 0. The van der Waals surface area contributed by atoms with Gasteiger partial charge in [-0.3, -0.25) is 18.8 Å². The molecule has 2 bridgehead atoms. The van der Waals surface area contributed by atoms with Crippen LogP contribution in [0.2, 0.25) is 0 Å². The van der Waals surface area contributed by atoms with Gasteiger partial charge in [-0.2, -0.15) is 5.10 Å². The Morgan fingerprint density at radius 1 is 1.40 bits per heavy atom. The van der Waals surface area contributed by atoms with Crippen LogP contribution in [0.5, 0.6) is 5.75 Å². The second kappa shape index (κ2) is 6.66. The Morgan fingerprint density at radius 3 is 2.93 bits per heavy atom. The van der Waals surface area contributed by atoms with Crippen LogP contribution < -0.4 is 19.6 Å². The number of benzene rings is 1. The summed E-state index contributed by atoms with van der Waals surface area (Å²) in [5, 5.41) is 4.26. The Hall–Kier alpha value is -3.20. The first kappa shape index (κ1) is 18.8. The van der Waals surface area contributed by atoms with E-state index in [2.05, 4.69) is 5.10 Å². The number of aromatic nitrogens is 3. The van der Waals surface area contributed by atoms with Crippen LogP contribution in [-0.2, 0) is 16.1 Å². The van der Waals surface area contributed by atoms with Gasteiger partial charge in [0.1, 0.15) is 11.7 Å². The highest BCUT2D eigenvalue weighted by Gasteiger charge is 2.55. The first-order chi connectivity index (χ1) is 14.4. The van der Waals surface area contributed by atoms with Gasteiger partial charge in [0.2, 0.25) is 5.72 Å². The fourth-order valence-corrected chi connectivity index (χ4v) is 5.31. The molecule has 4 heterocycles. The molecule has 0 N–H and O–H groups in total. The van der Waals surface area contributed by atoms with E-state index in [1.165, 1.54) is 18.4 Å². The molecule has 154 valence electrons. The average molecular weight is 424 g/mol. The number of aryl methyl sites for hydroxylation is 1. The Morgan fingerprint density at radius 2 is 2.20 bits per heavy atom. The molecular formula is C21H20N4O4S. The largest absolute Gasteiger partial charge is 0.469 e. The second-order valence-electron chi connectivity index (χ2n) is 7.45. The van der Waals surface area contributed by atoms with Crippen LogP contribution >= 0.6 is 11.3 Å². The Balaban J connectivity index is 1.77. The maximum absolute atomic E-state index is 13.4. The van der Waals surface area contributed by atoms with E-state index >= 15 is 0 Å². The number of methoxy groups -OCH3 is 1. The Bertz CT molecular complexity index is 1340. The van der Waals surface area contributed by atoms with Gasteiger partial charge in [0.15, 0.2) is 4.80 Å². The fraction of sp³-hybridized carbons (Fsp3) is 0.333. The topological polar surface area (TPSA) is 87.7 Å². The molecule has 0 amide bonds. The lowest BCUT2D eigenvalue weighted by Crippen LogP contribution is -2.58. The third-order valence-electron chi connectivity index (χ3n) is 5.61. The van der Waals surface area contributed by atoms with Gasteiger partial charge in [-0.25, -0.2) is 4.99 Å². The Kier molecular flexibility index (Phi) is 4.18. The molecule has 3 aromatic rings. The van der Waals surface area contributed by atoms with Crippen LogP contribution in [0.4, 0.5) is 0 Å². The number of hydrogen-bond acceptors (Lipinski definition) is 7. The molecule has 30 heavy (non-hydrogen) atoms. The summed E-state index contributed by atoms with van der Waals surface area (Å²) >= 11 is 1.28. The van der Waals surface area contributed by atoms with Crippen LogP contribution in [0.25, 0.3) is 6.08 Å². The maximum Gasteiger partial charge on any atom is 0.317 e. The highest BCUT2D eigenvalue weighted by atomic mass is 32.1. The van der Waals surface area contributed by atoms with Crippen molar-refractivity contribution < 1.29 is 14.3 Å². The normalized spacial score (nSPS) is 24.4. The summed E-state index contributed by atoms with van der Waals surface area (Å²) in [6.45, 7) is 4.51. The molecule has 8 nitrogen and oxygen atoms in total. The van der Waals surface area contributed by atoms with E-state index in [9.17, 15) is 9.59 Å². The summed E-state index contributed by atoms with van der Waals surface area (Å²) in [6, 6.07) is 6.89. The van der Waals surface area contributed by atoms with Crippen molar-refractivity contribution in [1.29, 1.82) is 0 Å². The zero-order valence-corrected chi connectivity index (χ0v) is 17.5. The van der Waals surface area contributed by atoms with Gasteiger partial charge >= 0.3 is 5.97 Å². The van der Waals surface area contributed by atoms with E-state index < -0.39 is 23.7 Å².